The molecule has 0 fully saturated rings. The van der Waals surface area contributed by atoms with E-state index in [1.165, 1.54) is 12.7 Å². The minimum absolute atomic E-state index is 0.164. The van der Waals surface area contributed by atoms with Gasteiger partial charge in [-0.05, 0) is 60.9 Å². The van der Waals surface area contributed by atoms with Crippen molar-refractivity contribution < 1.29 is 28.5 Å². The van der Waals surface area contributed by atoms with Crippen LogP contribution in [-0.4, -0.2) is 44.1 Å². The molecule has 0 spiro atoms. The Hall–Kier alpha value is -4.10. The lowest BCUT2D eigenvalue weighted by Crippen LogP contribution is -2.34. The van der Waals surface area contributed by atoms with Gasteiger partial charge >= 0.3 is 5.97 Å². The van der Waals surface area contributed by atoms with E-state index in [-0.39, 0.29) is 11.5 Å². The first-order valence-corrected chi connectivity index (χ1v) is 11.7. The molecular formula is C29H27NO6. The molecule has 0 aliphatic carbocycles. The Morgan fingerprint density at radius 3 is 2.50 bits per heavy atom. The molecule has 36 heavy (non-hydrogen) atoms. The Kier molecular flexibility index (Phi) is 6.48. The molecule has 0 bridgehead atoms. The summed E-state index contributed by atoms with van der Waals surface area (Å²) in [6, 6.07) is 16.8. The average Bonchev–Trinajstić information content (AvgIpc) is 3.22. The first-order chi connectivity index (χ1) is 17.5. The summed E-state index contributed by atoms with van der Waals surface area (Å²) in [7, 11) is 3.00. The summed E-state index contributed by atoms with van der Waals surface area (Å²) >= 11 is 0. The number of methoxy groups -OCH3 is 2. The number of carbonyl (C=O) groups is 2. The minimum Gasteiger partial charge on any atom is -0.497 e. The van der Waals surface area contributed by atoms with Gasteiger partial charge < -0.3 is 18.9 Å². The molecule has 0 unspecified atom stereocenters. The fourth-order valence-electron chi connectivity index (χ4n) is 4.50. The van der Waals surface area contributed by atoms with Crippen LogP contribution < -0.4 is 14.2 Å². The van der Waals surface area contributed by atoms with E-state index in [4.69, 9.17) is 18.9 Å². The molecule has 7 heteroatoms. The summed E-state index contributed by atoms with van der Waals surface area (Å²) in [6.07, 6.45) is 2.57. The van der Waals surface area contributed by atoms with E-state index in [1.807, 2.05) is 25.1 Å². The average molecular weight is 486 g/mol. The fourth-order valence-corrected chi connectivity index (χ4v) is 4.50. The van der Waals surface area contributed by atoms with Crippen LogP contribution in [0.3, 0.4) is 0 Å². The number of carbonyl (C=O) groups excluding carboxylic acids is 2. The number of rotatable bonds is 6. The van der Waals surface area contributed by atoms with E-state index >= 15 is 0 Å². The smallest absolute Gasteiger partial charge is 0.337 e. The zero-order valence-electron chi connectivity index (χ0n) is 20.5. The maximum absolute atomic E-state index is 13.2. The molecule has 0 N–H and O–H groups in total. The predicted octanol–water partition coefficient (Wildman–Crippen LogP) is 4.80. The number of Topliss-reactive ketones (excluding diaryl/α,β-unsaturated/α-hetero) is 1. The first-order valence-electron chi connectivity index (χ1n) is 11.7. The van der Waals surface area contributed by atoms with Gasteiger partial charge in [-0.1, -0.05) is 24.3 Å². The van der Waals surface area contributed by atoms with Crippen LogP contribution in [0.4, 0.5) is 0 Å². The quantitative estimate of drug-likeness (QED) is 0.367. The maximum atomic E-state index is 13.2. The molecule has 0 atom stereocenters. The van der Waals surface area contributed by atoms with Gasteiger partial charge in [0, 0.05) is 24.2 Å². The van der Waals surface area contributed by atoms with E-state index < -0.39 is 5.97 Å². The summed E-state index contributed by atoms with van der Waals surface area (Å²) < 4.78 is 22.0. The van der Waals surface area contributed by atoms with Crippen molar-refractivity contribution in [2.24, 2.45) is 0 Å². The van der Waals surface area contributed by atoms with Crippen molar-refractivity contribution in [1.29, 1.82) is 0 Å². The highest BCUT2D eigenvalue weighted by Crippen LogP contribution is 2.43. The van der Waals surface area contributed by atoms with E-state index in [1.54, 1.807) is 37.5 Å². The molecule has 184 valence electrons. The van der Waals surface area contributed by atoms with Crippen LogP contribution in [0.25, 0.3) is 6.08 Å². The van der Waals surface area contributed by atoms with Gasteiger partial charge in [-0.2, -0.15) is 0 Å². The van der Waals surface area contributed by atoms with E-state index in [0.29, 0.717) is 30.2 Å². The van der Waals surface area contributed by atoms with Crippen molar-refractivity contribution in [3.05, 3.63) is 93.7 Å². The Morgan fingerprint density at radius 1 is 1.06 bits per heavy atom. The highest BCUT2D eigenvalue weighted by atomic mass is 16.5. The molecule has 7 nitrogen and oxygen atoms in total. The second kappa shape index (κ2) is 9.87. The van der Waals surface area contributed by atoms with Gasteiger partial charge in [0.1, 0.15) is 24.0 Å². The summed E-state index contributed by atoms with van der Waals surface area (Å²) in [5.74, 6) is 1.85. The summed E-state index contributed by atoms with van der Waals surface area (Å²) in [4.78, 5) is 27.1. The van der Waals surface area contributed by atoms with E-state index in [2.05, 4.69) is 17.0 Å². The summed E-state index contributed by atoms with van der Waals surface area (Å²) in [5, 5.41) is 0. The molecule has 3 aromatic rings. The second-order valence-electron chi connectivity index (χ2n) is 8.84. The molecule has 2 aliphatic heterocycles. The van der Waals surface area contributed by atoms with E-state index in [0.717, 1.165) is 41.2 Å². The highest BCUT2D eigenvalue weighted by Gasteiger charge is 2.33. The minimum atomic E-state index is -0.408. The lowest BCUT2D eigenvalue weighted by molar-refractivity contribution is 0.0600. The van der Waals surface area contributed by atoms with Gasteiger partial charge in [-0.25, -0.2) is 4.79 Å². The zero-order valence-corrected chi connectivity index (χ0v) is 20.5. The SMILES string of the molecule is COC(=O)c1ccc(/C=C2\Oc3c(cc4c(c3C)OCN(CCc3ccc(OC)cc3)C4)C2=O)cc1. The number of benzene rings is 3. The van der Waals surface area contributed by atoms with Crippen molar-refractivity contribution in [1.82, 2.24) is 4.90 Å². The van der Waals surface area contributed by atoms with Crippen LogP contribution in [0.2, 0.25) is 0 Å². The molecule has 0 radical (unpaired) electrons. The van der Waals surface area contributed by atoms with Crippen LogP contribution in [0.5, 0.6) is 17.2 Å². The zero-order chi connectivity index (χ0) is 25.2. The number of ether oxygens (including phenoxy) is 4. The van der Waals surface area contributed by atoms with Crippen molar-refractivity contribution >= 4 is 17.8 Å². The summed E-state index contributed by atoms with van der Waals surface area (Å²) in [5.41, 5.74) is 4.78. The standard InChI is InChI=1S/C29H27NO6/c1-18-27-22(16-30(17-35-27)13-12-19-6-10-23(33-2)11-7-19)15-24-26(31)25(36-28(18)24)14-20-4-8-21(9-5-20)29(32)34-3/h4-11,14-15H,12-13,16-17H2,1-3H3/b25-14-. The molecular weight excluding hydrogens is 458 g/mol. The van der Waals surface area contributed by atoms with Crippen LogP contribution in [0, 0.1) is 6.92 Å². The Bertz CT molecular complexity index is 1340. The molecule has 3 aromatic carbocycles. The number of hydrogen-bond donors (Lipinski definition) is 0. The largest absolute Gasteiger partial charge is 0.497 e. The van der Waals surface area contributed by atoms with Gasteiger partial charge in [-0.3, -0.25) is 9.69 Å². The third-order valence-corrected chi connectivity index (χ3v) is 6.51. The lowest BCUT2D eigenvalue weighted by atomic mass is 9.99. The number of ketones is 1. The lowest BCUT2D eigenvalue weighted by Gasteiger charge is -2.30. The van der Waals surface area contributed by atoms with Gasteiger partial charge in [0.25, 0.3) is 0 Å². The van der Waals surface area contributed by atoms with Crippen LogP contribution in [-0.2, 0) is 17.7 Å². The molecule has 5 rings (SSSR count). The fraction of sp³-hybridized carbons (Fsp3) is 0.241. The first kappa shape index (κ1) is 23.6. The van der Waals surface area contributed by atoms with Crippen molar-refractivity contribution in [3.63, 3.8) is 0 Å². The number of allylic oxidation sites excluding steroid dienone is 1. The summed E-state index contributed by atoms with van der Waals surface area (Å²) in [6.45, 7) is 3.93. The van der Waals surface area contributed by atoms with Crippen molar-refractivity contribution in [2.45, 2.75) is 19.9 Å². The van der Waals surface area contributed by atoms with Crippen LogP contribution in [0.15, 0.2) is 60.4 Å². The Labute approximate surface area is 209 Å². The molecule has 0 saturated carbocycles. The molecule has 0 aromatic heterocycles. The van der Waals surface area contributed by atoms with Gasteiger partial charge in [0.05, 0.1) is 25.3 Å². The Morgan fingerprint density at radius 2 is 1.81 bits per heavy atom. The maximum Gasteiger partial charge on any atom is 0.337 e. The van der Waals surface area contributed by atoms with Crippen molar-refractivity contribution in [3.8, 4) is 17.2 Å². The monoisotopic (exact) mass is 485 g/mol. The third-order valence-electron chi connectivity index (χ3n) is 6.51. The normalized spacial score (nSPS) is 15.6. The van der Waals surface area contributed by atoms with Gasteiger partial charge in [-0.15, -0.1) is 0 Å². The van der Waals surface area contributed by atoms with Crippen molar-refractivity contribution in [2.75, 3.05) is 27.5 Å². The molecule has 0 amide bonds. The number of esters is 1. The topological polar surface area (TPSA) is 74.3 Å². The third kappa shape index (κ3) is 4.57. The molecule has 2 heterocycles. The number of nitrogens with zero attached hydrogens (tertiary/aromatic N) is 1. The number of hydrogen-bond acceptors (Lipinski definition) is 7. The molecule has 2 aliphatic rings. The number of fused-ring (bicyclic) bond motifs is 2. The van der Waals surface area contributed by atoms with Gasteiger partial charge in [0.15, 0.2) is 5.76 Å². The second-order valence-corrected chi connectivity index (χ2v) is 8.84. The Balaban J connectivity index is 1.31. The van der Waals surface area contributed by atoms with Crippen LogP contribution >= 0.6 is 0 Å². The highest BCUT2D eigenvalue weighted by molar-refractivity contribution is 6.15. The van der Waals surface area contributed by atoms with Crippen LogP contribution in [0.1, 0.15) is 43.0 Å². The van der Waals surface area contributed by atoms with E-state index in [9.17, 15) is 9.59 Å². The van der Waals surface area contributed by atoms with Gasteiger partial charge in [0.2, 0.25) is 5.78 Å². The molecule has 0 saturated heterocycles. The predicted molar refractivity (Wildman–Crippen MR) is 134 cm³/mol.